The number of nitrogens with one attached hydrogen (secondary N) is 1. The first kappa shape index (κ1) is 14.3. The largest absolute Gasteiger partial charge is 0.445 e. The predicted molar refractivity (Wildman–Crippen MR) is 84.4 cm³/mol. The number of nitrogens with zero attached hydrogens (tertiary/aromatic N) is 1. The first-order valence-corrected chi connectivity index (χ1v) is 7.95. The van der Waals surface area contributed by atoms with E-state index in [4.69, 9.17) is 4.42 Å². The topological polar surface area (TPSA) is 38.1 Å². The van der Waals surface area contributed by atoms with E-state index in [9.17, 15) is 0 Å². The minimum absolute atomic E-state index is 0.0999. The van der Waals surface area contributed by atoms with E-state index in [1.807, 2.05) is 6.20 Å². The molecule has 21 heavy (non-hydrogen) atoms. The Kier molecular flexibility index (Phi) is 4.11. The molecular formula is C18H24N2O. The molecule has 0 bridgehead atoms. The number of rotatable bonds is 7. The zero-order valence-corrected chi connectivity index (χ0v) is 12.9. The summed E-state index contributed by atoms with van der Waals surface area (Å²) < 4.78 is 6.03. The zero-order valence-electron chi connectivity index (χ0n) is 12.9. The lowest BCUT2D eigenvalue weighted by Crippen LogP contribution is -2.23. The lowest BCUT2D eigenvalue weighted by molar-refractivity contribution is 0.424. The second kappa shape index (κ2) is 6.02. The molecule has 0 saturated heterocycles. The summed E-state index contributed by atoms with van der Waals surface area (Å²) in [7, 11) is 0. The Bertz CT molecular complexity index is 570. The second-order valence-corrected chi connectivity index (χ2v) is 6.28. The predicted octanol–water partition coefficient (Wildman–Crippen LogP) is 3.69. The number of oxazole rings is 1. The summed E-state index contributed by atoms with van der Waals surface area (Å²) >= 11 is 0. The molecule has 1 aromatic carbocycles. The van der Waals surface area contributed by atoms with Crippen LogP contribution in [0.1, 0.15) is 50.3 Å². The number of hydrogen-bond donors (Lipinski definition) is 1. The quantitative estimate of drug-likeness (QED) is 0.788. The van der Waals surface area contributed by atoms with Gasteiger partial charge >= 0.3 is 0 Å². The summed E-state index contributed by atoms with van der Waals surface area (Å²) in [4.78, 5) is 4.47. The molecule has 1 aliphatic carbocycles. The van der Waals surface area contributed by atoms with Gasteiger partial charge in [0.1, 0.15) is 5.76 Å². The number of benzene rings is 1. The Balaban J connectivity index is 1.63. The lowest BCUT2D eigenvalue weighted by Gasteiger charge is -2.11. The summed E-state index contributed by atoms with van der Waals surface area (Å²) in [5, 5.41) is 3.42. The van der Waals surface area contributed by atoms with E-state index in [0.717, 1.165) is 31.0 Å². The molecule has 0 amide bonds. The monoisotopic (exact) mass is 284 g/mol. The molecule has 3 nitrogen and oxygen atoms in total. The van der Waals surface area contributed by atoms with Gasteiger partial charge in [-0.2, -0.15) is 0 Å². The first-order chi connectivity index (χ1) is 10.2. The summed E-state index contributed by atoms with van der Waals surface area (Å²) in [6.45, 7) is 5.35. The molecule has 1 N–H and O–H groups in total. The van der Waals surface area contributed by atoms with Crippen molar-refractivity contribution >= 4 is 0 Å². The number of aryl methyl sites for hydroxylation is 1. The molecule has 1 aliphatic rings. The van der Waals surface area contributed by atoms with E-state index < -0.39 is 0 Å². The van der Waals surface area contributed by atoms with Crippen LogP contribution in [-0.4, -0.2) is 17.6 Å². The molecule has 0 radical (unpaired) electrons. The molecule has 0 unspecified atom stereocenters. The van der Waals surface area contributed by atoms with Crippen LogP contribution in [0.4, 0.5) is 0 Å². The van der Waals surface area contributed by atoms with Gasteiger partial charge < -0.3 is 9.73 Å². The minimum Gasteiger partial charge on any atom is -0.445 e. The molecule has 3 heteroatoms. The Morgan fingerprint density at radius 2 is 2.00 bits per heavy atom. The average molecular weight is 284 g/mol. The highest BCUT2D eigenvalue weighted by atomic mass is 16.4. The molecule has 1 saturated carbocycles. The van der Waals surface area contributed by atoms with E-state index in [1.165, 1.54) is 18.4 Å². The van der Waals surface area contributed by atoms with Gasteiger partial charge in [-0.1, -0.05) is 44.2 Å². The highest BCUT2D eigenvalue weighted by Gasteiger charge is 2.48. The van der Waals surface area contributed by atoms with Gasteiger partial charge in [0.25, 0.3) is 0 Å². The van der Waals surface area contributed by atoms with Crippen LogP contribution >= 0.6 is 0 Å². The van der Waals surface area contributed by atoms with E-state index in [2.05, 4.69) is 54.5 Å². The minimum atomic E-state index is 0.0999. The highest BCUT2D eigenvalue weighted by Crippen LogP contribution is 2.53. The fourth-order valence-corrected chi connectivity index (χ4v) is 2.84. The van der Waals surface area contributed by atoms with Crippen LogP contribution in [0.15, 0.2) is 40.9 Å². The van der Waals surface area contributed by atoms with Gasteiger partial charge in [-0.05, 0) is 31.4 Å². The van der Waals surface area contributed by atoms with Crippen molar-refractivity contribution in [1.29, 1.82) is 0 Å². The van der Waals surface area contributed by atoms with Crippen molar-refractivity contribution in [3.05, 3.63) is 53.7 Å². The Morgan fingerprint density at radius 3 is 2.67 bits per heavy atom. The van der Waals surface area contributed by atoms with Gasteiger partial charge in [-0.15, -0.1) is 0 Å². The molecule has 1 aromatic heterocycles. The number of hydrogen-bond acceptors (Lipinski definition) is 3. The van der Waals surface area contributed by atoms with E-state index in [1.54, 1.807) is 0 Å². The maximum atomic E-state index is 6.03. The van der Waals surface area contributed by atoms with Gasteiger partial charge in [0.05, 0.1) is 11.6 Å². The zero-order chi connectivity index (χ0) is 14.7. The van der Waals surface area contributed by atoms with Crippen LogP contribution in [-0.2, 0) is 11.8 Å². The maximum Gasteiger partial charge on any atom is 0.194 e. The van der Waals surface area contributed by atoms with Crippen LogP contribution in [0.3, 0.4) is 0 Å². The molecule has 0 aliphatic heterocycles. The molecule has 0 spiro atoms. The van der Waals surface area contributed by atoms with Crippen molar-refractivity contribution in [2.75, 3.05) is 6.54 Å². The molecular weight excluding hydrogens is 260 g/mol. The third kappa shape index (κ3) is 3.18. The SMILES string of the molecule is CC(C)NCCCc1ncc(C2(c3ccccc3)CC2)o1. The standard InChI is InChI=1S/C18H24N2O/c1-14(2)19-12-6-9-17-20-13-16(21-17)18(10-11-18)15-7-4-3-5-8-15/h3-5,7-8,13-14,19H,6,9-12H2,1-2H3. The highest BCUT2D eigenvalue weighted by molar-refractivity contribution is 5.39. The van der Waals surface area contributed by atoms with Crippen LogP contribution in [0.25, 0.3) is 0 Å². The number of aromatic nitrogens is 1. The summed E-state index contributed by atoms with van der Waals surface area (Å²) in [5.74, 6) is 1.92. The van der Waals surface area contributed by atoms with E-state index in [-0.39, 0.29) is 5.41 Å². The van der Waals surface area contributed by atoms with Gasteiger partial charge in [0.15, 0.2) is 5.89 Å². The maximum absolute atomic E-state index is 6.03. The van der Waals surface area contributed by atoms with E-state index >= 15 is 0 Å². The summed E-state index contributed by atoms with van der Waals surface area (Å²) in [6.07, 6.45) is 6.24. The van der Waals surface area contributed by atoms with Crippen LogP contribution in [0.2, 0.25) is 0 Å². The van der Waals surface area contributed by atoms with E-state index in [0.29, 0.717) is 6.04 Å². The van der Waals surface area contributed by atoms with Gasteiger partial charge in [0, 0.05) is 12.5 Å². The summed E-state index contributed by atoms with van der Waals surface area (Å²) in [6, 6.07) is 11.2. The van der Waals surface area contributed by atoms with Crippen molar-refractivity contribution in [2.24, 2.45) is 0 Å². The Hall–Kier alpha value is -1.61. The van der Waals surface area contributed by atoms with Crippen molar-refractivity contribution in [2.45, 2.75) is 51.0 Å². The Morgan fingerprint density at radius 1 is 1.24 bits per heavy atom. The van der Waals surface area contributed by atoms with Crippen molar-refractivity contribution in [1.82, 2.24) is 10.3 Å². The fourth-order valence-electron chi connectivity index (χ4n) is 2.84. The van der Waals surface area contributed by atoms with Gasteiger partial charge in [-0.3, -0.25) is 0 Å². The summed E-state index contributed by atoms with van der Waals surface area (Å²) in [5.41, 5.74) is 1.46. The van der Waals surface area contributed by atoms with Crippen molar-refractivity contribution < 1.29 is 4.42 Å². The first-order valence-electron chi connectivity index (χ1n) is 7.95. The lowest BCUT2D eigenvalue weighted by atomic mass is 9.94. The third-order valence-corrected chi connectivity index (χ3v) is 4.22. The van der Waals surface area contributed by atoms with Crippen LogP contribution in [0.5, 0.6) is 0 Å². The normalized spacial score (nSPS) is 16.3. The molecule has 2 aromatic rings. The van der Waals surface area contributed by atoms with Gasteiger partial charge in [-0.25, -0.2) is 4.98 Å². The molecule has 1 fully saturated rings. The molecule has 3 rings (SSSR count). The Labute approximate surface area is 126 Å². The van der Waals surface area contributed by atoms with Crippen LogP contribution < -0.4 is 5.32 Å². The fraction of sp³-hybridized carbons (Fsp3) is 0.500. The van der Waals surface area contributed by atoms with Gasteiger partial charge in [0.2, 0.25) is 0 Å². The van der Waals surface area contributed by atoms with Crippen molar-refractivity contribution in [3.63, 3.8) is 0 Å². The molecule has 1 heterocycles. The smallest absolute Gasteiger partial charge is 0.194 e. The molecule has 0 atom stereocenters. The third-order valence-electron chi connectivity index (χ3n) is 4.22. The molecule has 112 valence electrons. The average Bonchev–Trinajstić information content (AvgIpc) is 3.17. The second-order valence-electron chi connectivity index (χ2n) is 6.28. The van der Waals surface area contributed by atoms with Crippen LogP contribution in [0, 0.1) is 0 Å². The van der Waals surface area contributed by atoms with Crippen molar-refractivity contribution in [3.8, 4) is 0 Å².